The number of nitrogens with zero attached hydrogens (tertiary/aromatic N) is 5. The molecule has 0 spiro atoms. The van der Waals surface area contributed by atoms with E-state index in [1.165, 1.54) is 0 Å². The molecule has 10 heteroatoms. The minimum Gasteiger partial charge on any atom is -0.378 e. The van der Waals surface area contributed by atoms with E-state index in [2.05, 4.69) is 38.0 Å². The molecule has 4 aromatic rings. The molecule has 0 radical (unpaired) electrons. The van der Waals surface area contributed by atoms with Gasteiger partial charge in [-0.15, -0.1) is 0 Å². The Morgan fingerprint density at radius 3 is 2.68 bits per heavy atom. The maximum atomic E-state index is 13.8. The molecule has 1 aliphatic carbocycles. The number of hydrogen-bond donors (Lipinski definition) is 2. The number of aromatic nitrogens is 4. The highest BCUT2D eigenvalue weighted by Gasteiger charge is 2.34. The van der Waals surface area contributed by atoms with E-state index >= 15 is 0 Å². The summed E-state index contributed by atoms with van der Waals surface area (Å²) in [7, 11) is 0. The highest BCUT2D eigenvalue weighted by Crippen LogP contribution is 2.43. The van der Waals surface area contributed by atoms with Crippen LogP contribution >= 0.6 is 0 Å². The number of rotatable bonds is 4. The van der Waals surface area contributed by atoms with Crippen molar-refractivity contribution in [3.8, 4) is 11.5 Å². The monoisotopic (exact) mass is 637 g/mol. The molecule has 6 heterocycles. The van der Waals surface area contributed by atoms with Crippen molar-refractivity contribution in [1.29, 1.82) is 0 Å². The number of carbonyl (C=O) groups excluding carboxylic acids is 2. The largest absolute Gasteiger partial charge is 0.378 e. The fourth-order valence-electron chi connectivity index (χ4n) is 7.74. The van der Waals surface area contributed by atoms with Crippen LogP contribution in [0, 0.1) is 5.41 Å². The van der Waals surface area contributed by atoms with Gasteiger partial charge in [0.05, 0.1) is 41.7 Å². The van der Waals surface area contributed by atoms with Gasteiger partial charge in [0, 0.05) is 54.6 Å². The van der Waals surface area contributed by atoms with Crippen LogP contribution in [0.2, 0.25) is 0 Å². The standard InChI is InChI=1S/C37H47N7O3/c1-23-29-11-8-25-19-32(43(33(25)40-29)15-7-5-4-6-13-37(2,3)36(46)39-23)34-41-30-20-28-24(18-31(30)44(34)27-9-10-27)12-16-42(35(28)45)21-26-22-47-17-14-38-26/h8,11,18-20,23,26-27,38H,4-7,9-10,12-17,21-22H2,1-3H3,(H,39,46)/t23-,26+/m1/s1. The number of carbonyl (C=O) groups is 2. The van der Waals surface area contributed by atoms with Gasteiger partial charge in [-0.1, -0.05) is 33.1 Å². The molecular weight excluding hydrogens is 590 g/mol. The minimum atomic E-state index is -0.401. The second kappa shape index (κ2) is 12.0. The molecule has 1 saturated carbocycles. The summed E-state index contributed by atoms with van der Waals surface area (Å²) in [5, 5.41) is 7.81. The number of imidazole rings is 1. The van der Waals surface area contributed by atoms with Crippen LogP contribution in [0.3, 0.4) is 0 Å². The Morgan fingerprint density at radius 2 is 1.87 bits per heavy atom. The van der Waals surface area contributed by atoms with Crippen LogP contribution in [0.1, 0.15) is 99.4 Å². The normalized spacial score (nSPS) is 24.0. The van der Waals surface area contributed by atoms with Gasteiger partial charge in [0.1, 0.15) is 5.65 Å². The first-order chi connectivity index (χ1) is 22.8. The highest BCUT2D eigenvalue weighted by molar-refractivity contribution is 6.00. The SMILES string of the molecule is C[C@H]1NC(=O)C(C)(C)CCCCCCn2c(-c3nc4cc5c(cc4n3C3CC3)CCN(C[C@H]3COCCN3)C5=O)cc3ccc1nc32. The van der Waals surface area contributed by atoms with Gasteiger partial charge in [-0.3, -0.25) is 9.59 Å². The molecule has 1 aromatic carbocycles. The minimum absolute atomic E-state index is 0.0853. The van der Waals surface area contributed by atoms with E-state index in [1.807, 2.05) is 37.8 Å². The summed E-state index contributed by atoms with van der Waals surface area (Å²) in [5.74, 6) is 1.13. The van der Waals surface area contributed by atoms with Gasteiger partial charge in [0.2, 0.25) is 5.91 Å². The number of nitrogens with one attached hydrogen (secondary N) is 2. The molecule has 4 aliphatic rings. The second-order valence-electron chi connectivity index (χ2n) is 14.8. The Morgan fingerprint density at radius 1 is 1.02 bits per heavy atom. The quantitative estimate of drug-likeness (QED) is 0.304. The molecule has 10 nitrogen and oxygen atoms in total. The molecule has 248 valence electrons. The van der Waals surface area contributed by atoms with Crippen molar-refractivity contribution in [2.75, 3.05) is 32.8 Å². The third kappa shape index (κ3) is 5.73. The number of aryl methyl sites for hydroxylation is 1. The third-order valence-electron chi connectivity index (χ3n) is 10.8. The van der Waals surface area contributed by atoms with Gasteiger partial charge < -0.3 is 29.4 Å². The second-order valence-corrected chi connectivity index (χ2v) is 14.8. The molecule has 2 N–H and O–H groups in total. The first kappa shape index (κ1) is 30.6. The van der Waals surface area contributed by atoms with Crippen molar-refractivity contribution >= 4 is 33.9 Å². The van der Waals surface area contributed by atoms with Crippen LogP contribution in [0.4, 0.5) is 0 Å². The highest BCUT2D eigenvalue weighted by atomic mass is 16.5. The number of morpholine rings is 1. The van der Waals surface area contributed by atoms with Crippen molar-refractivity contribution in [2.24, 2.45) is 5.41 Å². The summed E-state index contributed by atoms with van der Waals surface area (Å²) in [5.41, 5.74) is 6.38. The Hall–Kier alpha value is -3.76. The lowest BCUT2D eigenvalue weighted by molar-refractivity contribution is -0.130. The van der Waals surface area contributed by atoms with Crippen molar-refractivity contribution in [3.63, 3.8) is 0 Å². The predicted molar refractivity (Wildman–Crippen MR) is 182 cm³/mol. The van der Waals surface area contributed by atoms with Gasteiger partial charge in [-0.25, -0.2) is 9.97 Å². The van der Waals surface area contributed by atoms with E-state index in [-0.39, 0.29) is 23.9 Å². The average Bonchev–Trinajstić information content (AvgIpc) is 3.74. The molecule has 0 unspecified atom stereocenters. The van der Waals surface area contributed by atoms with Gasteiger partial charge in [-0.2, -0.15) is 0 Å². The summed E-state index contributed by atoms with van der Waals surface area (Å²) in [4.78, 5) is 39.4. The first-order valence-corrected chi connectivity index (χ1v) is 17.7. The zero-order valence-electron chi connectivity index (χ0n) is 28.0. The molecular formula is C37H47N7O3. The molecule has 2 amide bonds. The van der Waals surface area contributed by atoms with Crippen LogP contribution in [0.5, 0.6) is 0 Å². The van der Waals surface area contributed by atoms with Crippen LogP contribution in [0.25, 0.3) is 33.6 Å². The Kier molecular flexibility index (Phi) is 7.83. The Bertz CT molecular complexity index is 1850. The smallest absolute Gasteiger partial charge is 0.254 e. The van der Waals surface area contributed by atoms with Crippen LogP contribution in [-0.2, 0) is 22.5 Å². The van der Waals surface area contributed by atoms with Gasteiger partial charge >= 0.3 is 0 Å². The number of ether oxygens (including phenoxy) is 1. The van der Waals surface area contributed by atoms with Crippen molar-refractivity contribution in [3.05, 3.63) is 47.2 Å². The summed E-state index contributed by atoms with van der Waals surface area (Å²) < 4.78 is 10.4. The van der Waals surface area contributed by atoms with Crippen molar-refractivity contribution < 1.29 is 14.3 Å². The summed E-state index contributed by atoms with van der Waals surface area (Å²) in [6.07, 6.45) is 8.25. The number of pyridine rings is 1. The third-order valence-corrected chi connectivity index (χ3v) is 10.8. The molecule has 8 rings (SSSR count). The average molecular weight is 638 g/mol. The zero-order valence-corrected chi connectivity index (χ0v) is 28.0. The fraction of sp³-hybridized carbons (Fsp3) is 0.568. The van der Waals surface area contributed by atoms with Gasteiger partial charge in [-0.05, 0) is 74.9 Å². The van der Waals surface area contributed by atoms with E-state index in [0.717, 1.165) is 128 Å². The molecule has 2 bridgehead atoms. The van der Waals surface area contributed by atoms with Crippen LogP contribution in [0.15, 0.2) is 30.3 Å². The molecule has 2 fully saturated rings. The molecule has 3 aromatic heterocycles. The number of benzene rings is 1. The summed E-state index contributed by atoms with van der Waals surface area (Å²) >= 11 is 0. The summed E-state index contributed by atoms with van der Waals surface area (Å²) in [6.45, 7) is 10.6. The lowest BCUT2D eigenvalue weighted by Gasteiger charge is -2.33. The number of hydrogen-bond acceptors (Lipinski definition) is 6. The Labute approximate surface area is 276 Å². The van der Waals surface area contributed by atoms with Crippen LogP contribution < -0.4 is 10.6 Å². The van der Waals surface area contributed by atoms with Crippen LogP contribution in [-0.4, -0.2) is 74.7 Å². The Balaban J connectivity index is 1.19. The first-order valence-electron chi connectivity index (χ1n) is 17.7. The van der Waals surface area contributed by atoms with Gasteiger partial charge in [0.15, 0.2) is 5.82 Å². The van der Waals surface area contributed by atoms with Crippen molar-refractivity contribution in [1.82, 2.24) is 34.6 Å². The lowest BCUT2D eigenvalue weighted by Crippen LogP contribution is -2.51. The van der Waals surface area contributed by atoms with Gasteiger partial charge in [0.25, 0.3) is 5.91 Å². The molecule has 47 heavy (non-hydrogen) atoms. The van der Waals surface area contributed by atoms with E-state index < -0.39 is 5.41 Å². The van der Waals surface area contributed by atoms with E-state index in [4.69, 9.17) is 14.7 Å². The van der Waals surface area contributed by atoms with E-state index in [1.54, 1.807) is 0 Å². The maximum absolute atomic E-state index is 13.8. The lowest BCUT2D eigenvalue weighted by atomic mass is 9.85. The van der Waals surface area contributed by atoms with Crippen molar-refractivity contribution in [2.45, 2.75) is 96.8 Å². The molecule has 1 saturated heterocycles. The molecule has 3 aliphatic heterocycles. The van der Waals surface area contributed by atoms with E-state index in [0.29, 0.717) is 19.2 Å². The maximum Gasteiger partial charge on any atom is 0.254 e. The predicted octanol–water partition coefficient (Wildman–Crippen LogP) is 5.54. The zero-order chi connectivity index (χ0) is 32.3. The topological polar surface area (TPSA) is 106 Å². The fourth-order valence-corrected chi connectivity index (χ4v) is 7.74. The molecule has 2 atom stereocenters. The number of fused-ring (bicyclic) bond motifs is 3. The van der Waals surface area contributed by atoms with E-state index in [9.17, 15) is 9.59 Å². The summed E-state index contributed by atoms with van der Waals surface area (Å²) in [6, 6.07) is 11.1. The number of amides is 2.